The molecule has 0 N–H and O–H groups in total. The fourth-order valence-corrected chi connectivity index (χ4v) is 7.00. The minimum Gasteiger partial charge on any atom is -0.456 e. The molecule has 37 heavy (non-hydrogen) atoms. The highest BCUT2D eigenvalue weighted by Crippen LogP contribution is 2.58. The van der Waals surface area contributed by atoms with Gasteiger partial charge in [0.15, 0.2) is 0 Å². The lowest BCUT2D eigenvalue weighted by Gasteiger charge is -2.37. The van der Waals surface area contributed by atoms with Crippen LogP contribution in [0.15, 0.2) is 143 Å². The molecule has 1 aromatic heterocycles. The van der Waals surface area contributed by atoms with E-state index in [0.29, 0.717) is 0 Å². The number of rotatable bonds is 3. The molecule has 2 unspecified atom stereocenters. The monoisotopic (exact) mass is 474 g/mol. The van der Waals surface area contributed by atoms with E-state index in [2.05, 4.69) is 121 Å². The summed E-state index contributed by atoms with van der Waals surface area (Å²) in [5.41, 5.74) is 11.4. The van der Waals surface area contributed by atoms with Gasteiger partial charge < -0.3 is 4.42 Å². The standard InChI is InChI=1S/C36H26O/c1-2-10-25(11-3-1)36(32-17-6-4-12-28(32)29-15-9-18-33(29)36)26-22-20-24(21-23-26)27-14-8-16-31-30-13-5-7-19-34(30)37-35(27)31/h1-14,16-20,22-24H,15,21H2. The van der Waals surface area contributed by atoms with Gasteiger partial charge in [0.1, 0.15) is 11.2 Å². The molecule has 0 amide bonds. The molecule has 8 rings (SSSR count). The molecular weight excluding hydrogens is 448 g/mol. The molecule has 1 heterocycles. The normalized spacial score (nSPS) is 22.1. The second-order valence-electron chi connectivity index (χ2n) is 10.3. The van der Waals surface area contributed by atoms with E-state index < -0.39 is 0 Å². The van der Waals surface area contributed by atoms with Gasteiger partial charge >= 0.3 is 0 Å². The molecular formula is C36H26O. The molecule has 0 bridgehead atoms. The summed E-state index contributed by atoms with van der Waals surface area (Å²) in [4.78, 5) is 0. The fraction of sp³-hybridized carbons (Fsp3) is 0.111. The third-order valence-electron chi connectivity index (χ3n) is 8.57. The predicted octanol–water partition coefficient (Wildman–Crippen LogP) is 9.27. The molecule has 2 atom stereocenters. The Bertz CT molecular complexity index is 1830. The molecule has 3 aliphatic rings. The first-order valence-electron chi connectivity index (χ1n) is 13.2. The van der Waals surface area contributed by atoms with Gasteiger partial charge in [0.05, 0.1) is 5.41 Å². The maximum Gasteiger partial charge on any atom is 0.139 e. The van der Waals surface area contributed by atoms with Crippen molar-refractivity contribution >= 4 is 27.5 Å². The largest absolute Gasteiger partial charge is 0.456 e. The van der Waals surface area contributed by atoms with Crippen molar-refractivity contribution in [3.05, 3.63) is 161 Å². The van der Waals surface area contributed by atoms with Crippen LogP contribution < -0.4 is 0 Å². The topological polar surface area (TPSA) is 13.1 Å². The van der Waals surface area contributed by atoms with E-state index in [4.69, 9.17) is 4.42 Å². The first kappa shape index (κ1) is 20.8. The zero-order valence-corrected chi connectivity index (χ0v) is 20.5. The van der Waals surface area contributed by atoms with Gasteiger partial charge in [-0.2, -0.15) is 0 Å². The van der Waals surface area contributed by atoms with Crippen LogP contribution in [0.4, 0.5) is 0 Å². The van der Waals surface area contributed by atoms with Crippen LogP contribution in [-0.2, 0) is 5.41 Å². The molecule has 4 aromatic carbocycles. The van der Waals surface area contributed by atoms with E-state index in [1.54, 1.807) is 0 Å². The van der Waals surface area contributed by atoms with Crippen molar-refractivity contribution < 1.29 is 4.42 Å². The number of benzene rings is 4. The van der Waals surface area contributed by atoms with Gasteiger partial charge in [-0.3, -0.25) is 0 Å². The second-order valence-corrected chi connectivity index (χ2v) is 10.3. The molecule has 176 valence electrons. The number of fused-ring (bicyclic) bond motifs is 5. The van der Waals surface area contributed by atoms with Crippen molar-refractivity contribution in [3.8, 4) is 0 Å². The lowest BCUT2D eigenvalue weighted by atomic mass is 9.65. The highest BCUT2D eigenvalue weighted by Gasteiger charge is 2.48. The summed E-state index contributed by atoms with van der Waals surface area (Å²) in [6.07, 6.45) is 13.9. The Labute approximate surface area is 216 Å². The molecule has 0 spiro atoms. The molecule has 5 aromatic rings. The van der Waals surface area contributed by atoms with Crippen molar-refractivity contribution in [2.24, 2.45) is 0 Å². The summed E-state index contributed by atoms with van der Waals surface area (Å²) < 4.78 is 6.38. The average molecular weight is 475 g/mol. The number of hydrogen-bond donors (Lipinski definition) is 0. The predicted molar refractivity (Wildman–Crippen MR) is 153 cm³/mol. The summed E-state index contributed by atoms with van der Waals surface area (Å²) in [6.45, 7) is 0. The Balaban J connectivity index is 1.28. The van der Waals surface area contributed by atoms with Crippen LogP contribution in [0.2, 0.25) is 0 Å². The summed E-state index contributed by atoms with van der Waals surface area (Å²) in [7, 11) is 0. The first-order valence-corrected chi connectivity index (χ1v) is 13.2. The quantitative estimate of drug-likeness (QED) is 0.254. The van der Waals surface area contributed by atoms with Crippen LogP contribution in [0.25, 0.3) is 27.5 Å². The third kappa shape index (κ3) is 2.80. The molecule has 0 fully saturated rings. The van der Waals surface area contributed by atoms with Crippen molar-refractivity contribution in [1.29, 1.82) is 0 Å². The van der Waals surface area contributed by atoms with Crippen LogP contribution in [-0.4, -0.2) is 0 Å². The molecule has 1 nitrogen and oxygen atoms in total. The van der Waals surface area contributed by atoms with Gasteiger partial charge in [0.25, 0.3) is 0 Å². The van der Waals surface area contributed by atoms with E-state index >= 15 is 0 Å². The Morgan fingerprint density at radius 3 is 2.43 bits per heavy atom. The minimum atomic E-state index is -0.271. The van der Waals surface area contributed by atoms with Gasteiger partial charge in [0, 0.05) is 22.3 Å². The number of para-hydroxylation sites is 2. The number of hydrogen-bond acceptors (Lipinski definition) is 1. The van der Waals surface area contributed by atoms with Crippen LogP contribution in [0.1, 0.15) is 41.0 Å². The molecule has 3 aliphatic carbocycles. The van der Waals surface area contributed by atoms with Crippen molar-refractivity contribution in [3.63, 3.8) is 0 Å². The van der Waals surface area contributed by atoms with Crippen molar-refractivity contribution in [1.82, 2.24) is 0 Å². The number of furan rings is 1. The Morgan fingerprint density at radius 2 is 1.54 bits per heavy atom. The van der Waals surface area contributed by atoms with Crippen LogP contribution >= 0.6 is 0 Å². The van der Waals surface area contributed by atoms with Gasteiger partial charge in [-0.15, -0.1) is 0 Å². The van der Waals surface area contributed by atoms with Gasteiger partial charge in [-0.25, -0.2) is 0 Å². The molecule has 0 saturated carbocycles. The lowest BCUT2D eigenvalue weighted by molar-refractivity contribution is 0.655. The summed E-state index contributed by atoms with van der Waals surface area (Å²) in [5, 5.41) is 2.39. The highest BCUT2D eigenvalue weighted by atomic mass is 16.3. The molecule has 0 radical (unpaired) electrons. The lowest BCUT2D eigenvalue weighted by Crippen LogP contribution is -2.30. The SMILES string of the molecule is C1=CC2=C(C1)c1ccccc1C2(C1=CCC(c2cccc3c2oc2ccccc23)C=C1)c1ccccc1. The molecule has 1 heteroatoms. The highest BCUT2D eigenvalue weighted by molar-refractivity contribution is 6.06. The summed E-state index contributed by atoms with van der Waals surface area (Å²) >= 11 is 0. The molecule has 0 aliphatic heterocycles. The molecule has 0 saturated heterocycles. The van der Waals surface area contributed by atoms with E-state index in [0.717, 1.165) is 24.0 Å². The summed E-state index contributed by atoms with van der Waals surface area (Å²) in [6, 6.07) is 35.0. The van der Waals surface area contributed by atoms with E-state index in [9.17, 15) is 0 Å². The Hall–Kier alpha value is -4.36. The van der Waals surface area contributed by atoms with Crippen LogP contribution in [0.5, 0.6) is 0 Å². The van der Waals surface area contributed by atoms with E-state index in [1.807, 2.05) is 6.07 Å². The van der Waals surface area contributed by atoms with Gasteiger partial charge in [0.2, 0.25) is 0 Å². The second kappa shape index (κ2) is 7.82. The number of allylic oxidation sites excluding steroid dienone is 8. The van der Waals surface area contributed by atoms with E-state index in [1.165, 1.54) is 49.7 Å². The summed E-state index contributed by atoms with van der Waals surface area (Å²) in [5.74, 6) is 0.282. The Kier molecular flexibility index (Phi) is 4.39. The average Bonchev–Trinajstić information content (AvgIpc) is 3.66. The minimum absolute atomic E-state index is 0.271. The maximum absolute atomic E-state index is 6.38. The zero-order chi connectivity index (χ0) is 24.4. The third-order valence-corrected chi connectivity index (χ3v) is 8.57. The smallest absolute Gasteiger partial charge is 0.139 e. The van der Waals surface area contributed by atoms with Crippen LogP contribution in [0.3, 0.4) is 0 Å². The zero-order valence-electron chi connectivity index (χ0n) is 20.5. The maximum atomic E-state index is 6.38. The van der Waals surface area contributed by atoms with Crippen molar-refractivity contribution in [2.45, 2.75) is 24.2 Å². The van der Waals surface area contributed by atoms with Crippen molar-refractivity contribution in [2.75, 3.05) is 0 Å². The van der Waals surface area contributed by atoms with Crippen LogP contribution in [0, 0.1) is 0 Å². The van der Waals surface area contributed by atoms with Gasteiger partial charge in [-0.05, 0) is 52.3 Å². The first-order chi connectivity index (χ1) is 18.4. The fourth-order valence-electron chi connectivity index (χ4n) is 7.00. The Morgan fingerprint density at radius 1 is 0.730 bits per heavy atom. The van der Waals surface area contributed by atoms with Gasteiger partial charge in [-0.1, -0.05) is 121 Å². The van der Waals surface area contributed by atoms with E-state index in [-0.39, 0.29) is 11.3 Å².